The molecular formula is C23H21FN2O2. The highest BCUT2D eigenvalue weighted by molar-refractivity contribution is 5.94. The van der Waals surface area contributed by atoms with Gasteiger partial charge in [0.2, 0.25) is 5.91 Å². The van der Waals surface area contributed by atoms with E-state index in [-0.39, 0.29) is 24.1 Å². The highest BCUT2D eigenvalue weighted by atomic mass is 19.1. The number of carbonyl (C=O) groups is 2. The van der Waals surface area contributed by atoms with Crippen LogP contribution in [0.15, 0.2) is 84.9 Å². The quantitative estimate of drug-likeness (QED) is 0.655. The highest BCUT2D eigenvalue weighted by Gasteiger charge is 2.19. The van der Waals surface area contributed by atoms with Gasteiger partial charge in [0.25, 0.3) is 5.91 Å². The molecule has 4 nitrogen and oxygen atoms in total. The van der Waals surface area contributed by atoms with Gasteiger partial charge in [-0.15, -0.1) is 0 Å². The van der Waals surface area contributed by atoms with Crippen molar-refractivity contribution < 1.29 is 14.0 Å². The van der Waals surface area contributed by atoms with Gasteiger partial charge in [-0.25, -0.2) is 4.39 Å². The van der Waals surface area contributed by atoms with Crippen molar-refractivity contribution in [2.24, 2.45) is 0 Å². The first kappa shape index (κ1) is 19.3. The van der Waals surface area contributed by atoms with E-state index in [1.54, 1.807) is 36.4 Å². The minimum Gasteiger partial charge on any atom is -0.352 e. The number of carbonyl (C=O) groups excluding carboxylic acids is 2. The fraction of sp³-hybridized carbons (Fsp3) is 0.130. The van der Waals surface area contributed by atoms with E-state index in [1.807, 2.05) is 36.4 Å². The second-order valence-corrected chi connectivity index (χ2v) is 6.41. The summed E-state index contributed by atoms with van der Waals surface area (Å²) < 4.78 is 13.0. The zero-order chi connectivity index (χ0) is 19.8. The molecule has 3 aromatic carbocycles. The third-order valence-corrected chi connectivity index (χ3v) is 4.34. The van der Waals surface area contributed by atoms with Crippen molar-refractivity contribution in [1.82, 2.24) is 10.6 Å². The minimum absolute atomic E-state index is 0.101. The highest BCUT2D eigenvalue weighted by Crippen LogP contribution is 2.17. The maximum Gasteiger partial charge on any atom is 0.251 e. The van der Waals surface area contributed by atoms with Crippen molar-refractivity contribution in [2.45, 2.75) is 19.0 Å². The van der Waals surface area contributed by atoms with E-state index in [0.717, 1.165) is 11.1 Å². The first-order valence-electron chi connectivity index (χ1n) is 9.04. The Kier molecular flexibility index (Phi) is 6.52. The van der Waals surface area contributed by atoms with Crippen LogP contribution in [0.25, 0.3) is 0 Å². The van der Waals surface area contributed by atoms with Crippen LogP contribution in [0.2, 0.25) is 0 Å². The first-order chi connectivity index (χ1) is 13.6. The van der Waals surface area contributed by atoms with Gasteiger partial charge < -0.3 is 10.6 Å². The van der Waals surface area contributed by atoms with Crippen LogP contribution in [0.3, 0.4) is 0 Å². The summed E-state index contributed by atoms with van der Waals surface area (Å²) in [6, 6.07) is 23.8. The number of nitrogens with one attached hydrogen (secondary N) is 2. The fourth-order valence-electron chi connectivity index (χ4n) is 2.83. The molecule has 2 amide bonds. The van der Waals surface area contributed by atoms with E-state index in [1.165, 1.54) is 12.1 Å². The van der Waals surface area contributed by atoms with E-state index in [0.29, 0.717) is 12.1 Å². The average molecular weight is 376 g/mol. The average Bonchev–Trinajstić information content (AvgIpc) is 2.74. The maximum atomic E-state index is 13.0. The third kappa shape index (κ3) is 5.51. The molecule has 28 heavy (non-hydrogen) atoms. The van der Waals surface area contributed by atoms with E-state index in [9.17, 15) is 14.0 Å². The molecule has 3 rings (SSSR count). The lowest BCUT2D eigenvalue weighted by Gasteiger charge is -2.19. The van der Waals surface area contributed by atoms with Gasteiger partial charge in [-0.05, 0) is 35.4 Å². The number of halogens is 1. The molecule has 0 aliphatic carbocycles. The van der Waals surface area contributed by atoms with Gasteiger partial charge in [0, 0.05) is 12.1 Å². The summed E-state index contributed by atoms with van der Waals surface area (Å²) in [6.45, 7) is 0.299. The van der Waals surface area contributed by atoms with Gasteiger partial charge in [-0.2, -0.15) is 0 Å². The van der Waals surface area contributed by atoms with Crippen LogP contribution in [0.4, 0.5) is 4.39 Å². The Morgan fingerprint density at radius 1 is 0.821 bits per heavy atom. The number of hydrogen-bond acceptors (Lipinski definition) is 2. The van der Waals surface area contributed by atoms with Crippen LogP contribution in [0.1, 0.15) is 33.9 Å². The van der Waals surface area contributed by atoms with Crippen molar-refractivity contribution in [1.29, 1.82) is 0 Å². The third-order valence-electron chi connectivity index (χ3n) is 4.34. The molecule has 0 aromatic heterocycles. The molecule has 0 aliphatic heterocycles. The van der Waals surface area contributed by atoms with E-state index >= 15 is 0 Å². The normalized spacial score (nSPS) is 11.5. The van der Waals surface area contributed by atoms with Crippen molar-refractivity contribution in [3.8, 4) is 0 Å². The van der Waals surface area contributed by atoms with Crippen LogP contribution in [-0.4, -0.2) is 11.8 Å². The molecule has 5 heteroatoms. The second kappa shape index (κ2) is 9.46. The minimum atomic E-state index is -0.456. The Morgan fingerprint density at radius 3 is 2.07 bits per heavy atom. The molecule has 142 valence electrons. The maximum absolute atomic E-state index is 13.0. The SMILES string of the molecule is O=C(CC(NC(=O)c1ccccc1)c1ccccc1)NCc1ccc(F)cc1. The summed E-state index contributed by atoms with van der Waals surface area (Å²) in [5.41, 5.74) is 2.19. The molecule has 0 saturated heterocycles. The summed E-state index contributed by atoms with van der Waals surface area (Å²) in [4.78, 5) is 25.0. The fourth-order valence-corrected chi connectivity index (χ4v) is 2.83. The molecule has 0 heterocycles. The van der Waals surface area contributed by atoms with E-state index in [2.05, 4.69) is 10.6 Å². The van der Waals surface area contributed by atoms with Gasteiger partial charge >= 0.3 is 0 Å². The summed E-state index contributed by atoms with van der Waals surface area (Å²) in [5.74, 6) is -0.754. The summed E-state index contributed by atoms with van der Waals surface area (Å²) in [7, 11) is 0. The molecule has 0 aliphatic rings. The molecule has 0 bridgehead atoms. The van der Waals surface area contributed by atoms with Crippen LogP contribution in [0, 0.1) is 5.82 Å². The van der Waals surface area contributed by atoms with Crippen LogP contribution >= 0.6 is 0 Å². The van der Waals surface area contributed by atoms with Gasteiger partial charge in [0.15, 0.2) is 0 Å². The Balaban J connectivity index is 1.66. The van der Waals surface area contributed by atoms with Crippen LogP contribution in [0.5, 0.6) is 0 Å². The molecule has 0 fully saturated rings. The zero-order valence-corrected chi connectivity index (χ0v) is 15.3. The summed E-state index contributed by atoms with van der Waals surface area (Å²) in [6.07, 6.45) is 0.101. The largest absolute Gasteiger partial charge is 0.352 e. The topological polar surface area (TPSA) is 58.2 Å². The second-order valence-electron chi connectivity index (χ2n) is 6.41. The molecule has 1 unspecified atom stereocenters. The van der Waals surface area contributed by atoms with E-state index in [4.69, 9.17) is 0 Å². The summed E-state index contributed by atoms with van der Waals surface area (Å²) in [5, 5.41) is 5.76. The van der Waals surface area contributed by atoms with Crippen molar-refractivity contribution in [3.05, 3.63) is 107 Å². The van der Waals surface area contributed by atoms with Crippen LogP contribution in [-0.2, 0) is 11.3 Å². The lowest BCUT2D eigenvalue weighted by atomic mass is 10.0. The zero-order valence-electron chi connectivity index (χ0n) is 15.3. The lowest BCUT2D eigenvalue weighted by molar-refractivity contribution is -0.121. The number of amides is 2. The molecule has 3 aromatic rings. The van der Waals surface area contributed by atoms with Crippen molar-refractivity contribution in [2.75, 3.05) is 0 Å². The van der Waals surface area contributed by atoms with Gasteiger partial charge in [0.1, 0.15) is 5.82 Å². The predicted molar refractivity (Wildman–Crippen MR) is 106 cm³/mol. The molecule has 0 spiro atoms. The smallest absolute Gasteiger partial charge is 0.251 e. The standard InChI is InChI=1S/C23H21FN2O2/c24-20-13-11-17(12-14-20)16-25-22(27)15-21(18-7-3-1-4-8-18)26-23(28)19-9-5-2-6-10-19/h1-14,21H,15-16H2,(H,25,27)(H,26,28). The molecule has 0 saturated carbocycles. The van der Waals surface area contributed by atoms with Crippen molar-refractivity contribution >= 4 is 11.8 Å². The van der Waals surface area contributed by atoms with Gasteiger partial charge in [0.05, 0.1) is 12.5 Å². The molecule has 1 atom stereocenters. The molecular weight excluding hydrogens is 355 g/mol. The van der Waals surface area contributed by atoms with Crippen LogP contribution < -0.4 is 10.6 Å². The Morgan fingerprint density at radius 2 is 1.43 bits per heavy atom. The monoisotopic (exact) mass is 376 g/mol. The number of hydrogen-bond donors (Lipinski definition) is 2. The van der Waals surface area contributed by atoms with E-state index < -0.39 is 6.04 Å². The predicted octanol–water partition coefficient (Wildman–Crippen LogP) is 4.00. The molecule has 2 N–H and O–H groups in total. The lowest BCUT2D eigenvalue weighted by Crippen LogP contribution is -2.33. The molecule has 0 radical (unpaired) electrons. The van der Waals surface area contributed by atoms with Gasteiger partial charge in [-0.1, -0.05) is 60.7 Å². The first-order valence-corrected chi connectivity index (χ1v) is 9.04. The Labute approximate surface area is 163 Å². The Bertz CT molecular complexity index is 912. The Hall–Kier alpha value is -3.47. The number of rotatable bonds is 7. The summed E-state index contributed by atoms with van der Waals surface area (Å²) >= 11 is 0. The van der Waals surface area contributed by atoms with Gasteiger partial charge in [-0.3, -0.25) is 9.59 Å². The number of benzene rings is 3. The van der Waals surface area contributed by atoms with Crippen molar-refractivity contribution in [3.63, 3.8) is 0 Å².